The predicted octanol–water partition coefficient (Wildman–Crippen LogP) is 0.192. The summed E-state index contributed by atoms with van der Waals surface area (Å²) in [5.41, 5.74) is 5.52. The Bertz CT molecular complexity index is 776. The van der Waals surface area contributed by atoms with Crippen LogP contribution in [0, 0.1) is 5.92 Å². The van der Waals surface area contributed by atoms with Gasteiger partial charge in [0.2, 0.25) is 0 Å². The lowest BCUT2D eigenvalue weighted by atomic mass is 10.2. The number of aldehydes is 1. The summed E-state index contributed by atoms with van der Waals surface area (Å²) in [5, 5.41) is 2.31. The number of nitrogens with zero attached hydrogens (tertiary/aromatic N) is 1. The first kappa shape index (κ1) is 28.8. The van der Waals surface area contributed by atoms with Gasteiger partial charge >= 0.3 is 6.03 Å². The number of phosphoric acid groups is 2. The molecule has 32 heavy (non-hydrogen) atoms. The Hall–Kier alpha value is -1.21. The van der Waals surface area contributed by atoms with Crippen molar-refractivity contribution in [1.29, 1.82) is 0 Å². The summed E-state index contributed by atoms with van der Waals surface area (Å²) >= 11 is 0. The maximum absolute atomic E-state index is 12.1. The van der Waals surface area contributed by atoms with Crippen LogP contribution in [0.25, 0.3) is 0 Å². The fourth-order valence-corrected chi connectivity index (χ4v) is 4.45. The molecule has 186 valence electrons. The van der Waals surface area contributed by atoms with E-state index in [1.807, 2.05) is 0 Å². The van der Waals surface area contributed by atoms with E-state index in [-0.39, 0.29) is 12.3 Å². The molecule has 1 aliphatic heterocycles. The highest BCUT2D eigenvalue weighted by Gasteiger charge is 2.40. The van der Waals surface area contributed by atoms with Gasteiger partial charge in [-0.3, -0.25) is 9.13 Å². The van der Waals surface area contributed by atoms with Crippen LogP contribution >= 0.6 is 15.6 Å². The number of nitrogens with two attached hydrogens (primary N) is 1. The Balaban J connectivity index is 2.90. The van der Waals surface area contributed by atoms with Gasteiger partial charge in [-0.2, -0.15) is 4.99 Å². The molecule has 6 atom stereocenters. The molecule has 0 aromatic heterocycles. The van der Waals surface area contributed by atoms with Crippen LogP contribution in [0.1, 0.15) is 41.0 Å². The maximum Gasteiger partial charge on any atom is 0.344 e. The van der Waals surface area contributed by atoms with E-state index in [4.69, 9.17) is 24.0 Å². The monoisotopic (exact) mass is 501 g/mol. The second kappa shape index (κ2) is 12.3. The van der Waals surface area contributed by atoms with Crippen molar-refractivity contribution in [1.82, 2.24) is 5.32 Å². The van der Waals surface area contributed by atoms with E-state index in [1.54, 1.807) is 0 Å². The van der Waals surface area contributed by atoms with E-state index < -0.39 is 64.8 Å². The van der Waals surface area contributed by atoms with E-state index in [2.05, 4.69) is 14.8 Å². The number of rotatable bonds is 12. The fourth-order valence-electron chi connectivity index (χ4n) is 2.43. The van der Waals surface area contributed by atoms with Crippen LogP contribution in [-0.2, 0) is 36.8 Å². The molecule has 0 aliphatic carbocycles. The standard InChI is InChI=1S/C16H31N3O11P2/c1-9(2)28-31(22,23)26-8-13-12(30-32(24,25)29-10(3)4)6-14(27-13)18-16(21)19-15(17)11(5)7-20/h7,9-14H,6,8H2,1-5H3,(H,22,23)(H,24,25)(H3,17,18,19,21)/p-2/t11?,12?,13-,14-/m1/s1. The van der Waals surface area contributed by atoms with Crippen LogP contribution in [-0.4, -0.2) is 55.4 Å². The molecular formula is C16H29N3O11P2-2. The molecule has 2 amide bonds. The Labute approximate surface area is 186 Å². The molecule has 1 aliphatic rings. The molecule has 4 unspecified atom stereocenters. The first-order valence-electron chi connectivity index (χ1n) is 9.71. The average molecular weight is 501 g/mol. The Morgan fingerprint density at radius 3 is 2.28 bits per heavy atom. The number of carbonyl (C=O) groups excluding carboxylic acids is 2. The highest BCUT2D eigenvalue weighted by atomic mass is 31.2. The van der Waals surface area contributed by atoms with E-state index in [9.17, 15) is 28.5 Å². The third-order valence-electron chi connectivity index (χ3n) is 3.73. The molecule has 0 saturated carbocycles. The summed E-state index contributed by atoms with van der Waals surface area (Å²) in [5.74, 6) is -1.04. The van der Waals surface area contributed by atoms with Gasteiger partial charge in [0.15, 0.2) is 0 Å². The summed E-state index contributed by atoms with van der Waals surface area (Å²) in [4.78, 5) is 50.1. The topological polar surface area (TPSA) is 211 Å². The van der Waals surface area contributed by atoms with Crippen LogP contribution in [0.2, 0.25) is 0 Å². The van der Waals surface area contributed by atoms with Gasteiger partial charge in [-0.05, 0) is 34.6 Å². The molecule has 0 aromatic carbocycles. The zero-order valence-corrected chi connectivity index (χ0v) is 20.2. The van der Waals surface area contributed by atoms with Gasteiger partial charge in [-0.15, -0.1) is 0 Å². The lowest BCUT2D eigenvalue weighted by Gasteiger charge is -2.31. The van der Waals surface area contributed by atoms with E-state index in [0.717, 1.165) is 0 Å². The quantitative estimate of drug-likeness (QED) is 0.159. The Morgan fingerprint density at radius 2 is 1.75 bits per heavy atom. The summed E-state index contributed by atoms with van der Waals surface area (Å²) in [6.07, 6.45) is -4.70. The molecule has 0 bridgehead atoms. The number of carbonyl (C=O) groups is 2. The maximum atomic E-state index is 12.1. The summed E-state index contributed by atoms with van der Waals surface area (Å²) in [6.45, 7) is 6.69. The number of ether oxygens (including phenoxy) is 1. The van der Waals surface area contributed by atoms with Crippen molar-refractivity contribution >= 4 is 33.8 Å². The number of amides is 2. The van der Waals surface area contributed by atoms with E-state index >= 15 is 0 Å². The second-order valence-electron chi connectivity index (χ2n) is 7.45. The largest absolute Gasteiger partial charge is 0.756 e. The van der Waals surface area contributed by atoms with Crippen LogP contribution in [0.5, 0.6) is 0 Å². The predicted molar refractivity (Wildman–Crippen MR) is 107 cm³/mol. The van der Waals surface area contributed by atoms with Gasteiger partial charge < -0.3 is 48.5 Å². The van der Waals surface area contributed by atoms with Gasteiger partial charge in [0.05, 0.1) is 30.8 Å². The lowest BCUT2D eigenvalue weighted by Crippen LogP contribution is -2.35. The van der Waals surface area contributed by atoms with Crippen molar-refractivity contribution in [2.75, 3.05) is 6.61 Å². The average Bonchev–Trinajstić information content (AvgIpc) is 2.97. The number of nitrogens with one attached hydrogen (secondary N) is 1. The number of aliphatic imine (C=N–C) groups is 1. The van der Waals surface area contributed by atoms with Crippen molar-refractivity contribution < 1.29 is 51.3 Å². The third-order valence-corrected chi connectivity index (χ3v) is 6.08. The smallest absolute Gasteiger partial charge is 0.344 e. The number of phosphoric ester groups is 2. The van der Waals surface area contributed by atoms with Crippen LogP contribution in [0.4, 0.5) is 4.79 Å². The van der Waals surface area contributed by atoms with E-state index in [0.29, 0.717) is 6.29 Å². The number of amidine groups is 1. The molecule has 0 aromatic rings. The highest BCUT2D eigenvalue weighted by Crippen LogP contribution is 2.45. The van der Waals surface area contributed by atoms with Crippen molar-refractivity contribution in [2.45, 2.75) is 71.7 Å². The van der Waals surface area contributed by atoms with Gasteiger partial charge in [0.25, 0.3) is 15.6 Å². The molecule has 1 fully saturated rings. The first-order valence-corrected chi connectivity index (χ1v) is 12.6. The van der Waals surface area contributed by atoms with Gasteiger partial charge in [-0.1, -0.05) is 0 Å². The second-order valence-corrected chi connectivity index (χ2v) is 10.1. The molecule has 1 heterocycles. The number of hydrogen-bond donors (Lipinski definition) is 2. The molecule has 1 rings (SSSR count). The minimum Gasteiger partial charge on any atom is -0.756 e. The Kier molecular flexibility index (Phi) is 11.1. The minimum atomic E-state index is -4.79. The molecule has 3 N–H and O–H groups in total. The molecule has 1 saturated heterocycles. The normalized spacial score (nSPS) is 26.5. The molecule has 0 radical (unpaired) electrons. The Morgan fingerprint density at radius 1 is 1.19 bits per heavy atom. The summed E-state index contributed by atoms with van der Waals surface area (Å²) in [6, 6.07) is -0.956. The van der Waals surface area contributed by atoms with Crippen molar-refractivity contribution in [3.8, 4) is 0 Å². The van der Waals surface area contributed by atoms with Crippen LogP contribution < -0.4 is 20.8 Å². The minimum absolute atomic E-state index is 0.208. The highest BCUT2D eigenvalue weighted by molar-refractivity contribution is 7.46. The molecule has 14 nitrogen and oxygen atoms in total. The van der Waals surface area contributed by atoms with E-state index in [1.165, 1.54) is 34.6 Å². The van der Waals surface area contributed by atoms with Crippen LogP contribution in [0.15, 0.2) is 4.99 Å². The number of urea groups is 1. The number of hydrogen-bond acceptors (Lipinski definition) is 11. The molecule has 0 spiro atoms. The third kappa shape index (κ3) is 10.6. The summed E-state index contributed by atoms with van der Waals surface area (Å²) in [7, 11) is -9.49. The van der Waals surface area contributed by atoms with Crippen molar-refractivity contribution in [2.24, 2.45) is 16.6 Å². The zero-order valence-electron chi connectivity index (χ0n) is 18.4. The molecular weight excluding hydrogens is 472 g/mol. The molecule has 16 heteroatoms. The first-order chi connectivity index (χ1) is 14.6. The van der Waals surface area contributed by atoms with Gasteiger partial charge in [0, 0.05) is 6.42 Å². The van der Waals surface area contributed by atoms with Gasteiger partial charge in [-0.25, -0.2) is 4.79 Å². The van der Waals surface area contributed by atoms with Crippen LogP contribution in [0.3, 0.4) is 0 Å². The SMILES string of the molecule is CC(C)OP(=O)([O-])OC[C@H]1O[C@@H](NC(=O)/N=C(/N)C(C)C=O)CC1OP(=O)([O-])OC(C)C. The lowest BCUT2D eigenvalue weighted by molar-refractivity contribution is -0.236. The fraction of sp³-hybridized carbons (Fsp3) is 0.812. The zero-order chi connectivity index (χ0) is 24.7. The van der Waals surface area contributed by atoms with Gasteiger partial charge in [0.1, 0.15) is 24.5 Å². The van der Waals surface area contributed by atoms with Crippen molar-refractivity contribution in [3.63, 3.8) is 0 Å². The summed E-state index contributed by atoms with van der Waals surface area (Å²) < 4.78 is 48.5. The van der Waals surface area contributed by atoms with Crippen molar-refractivity contribution in [3.05, 3.63) is 0 Å².